The molecule has 0 spiro atoms. The predicted octanol–water partition coefficient (Wildman–Crippen LogP) is 3.84. The number of unbranched alkanes of at least 4 members (excludes halogenated alkanes) is 1. The van der Waals surface area contributed by atoms with Gasteiger partial charge in [0.25, 0.3) is 0 Å². The molecule has 0 fully saturated rings. The first-order chi connectivity index (χ1) is 11.6. The standard InChI is InChI=1S/C18H20FNO4/c1-3-5-10-24-16(21)9-8-14-13-7-6-12(19)11-15(13)20-17(14)18(22)23-4-2/h6-9,11,20H,3-5,10H2,1-2H3/b9-8+. The van der Waals surface area contributed by atoms with E-state index in [4.69, 9.17) is 9.47 Å². The fourth-order valence-electron chi connectivity index (χ4n) is 2.25. The smallest absolute Gasteiger partial charge is 0.355 e. The average Bonchev–Trinajstić information content (AvgIpc) is 2.91. The molecular weight excluding hydrogens is 313 g/mol. The van der Waals surface area contributed by atoms with Crippen molar-refractivity contribution in [2.24, 2.45) is 0 Å². The number of rotatable bonds is 7. The number of aromatic nitrogens is 1. The number of esters is 2. The van der Waals surface area contributed by atoms with Gasteiger partial charge in [-0.3, -0.25) is 0 Å². The lowest BCUT2D eigenvalue weighted by Gasteiger charge is -2.01. The van der Waals surface area contributed by atoms with Crippen molar-refractivity contribution in [3.8, 4) is 0 Å². The highest BCUT2D eigenvalue weighted by atomic mass is 19.1. The summed E-state index contributed by atoms with van der Waals surface area (Å²) in [5.41, 5.74) is 1.10. The Morgan fingerprint density at radius 3 is 2.75 bits per heavy atom. The van der Waals surface area contributed by atoms with Gasteiger partial charge in [0, 0.05) is 22.5 Å². The van der Waals surface area contributed by atoms with Crippen LogP contribution in [0.15, 0.2) is 24.3 Å². The van der Waals surface area contributed by atoms with E-state index in [9.17, 15) is 14.0 Å². The monoisotopic (exact) mass is 333 g/mol. The summed E-state index contributed by atoms with van der Waals surface area (Å²) in [5, 5.41) is 0.622. The zero-order chi connectivity index (χ0) is 17.5. The van der Waals surface area contributed by atoms with Crippen LogP contribution < -0.4 is 0 Å². The molecule has 0 aliphatic heterocycles. The molecule has 0 aliphatic carbocycles. The van der Waals surface area contributed by atoms with Crippen molar-refractivity contribution in [2.75, 3.05) is 13.2 Å². The second-order valence-corrected chi connectivity index (χ2v) is 5.18. The van der Waals surface area contributed by atoms with E-state index in [1.807, 2.05) is 6.92 Å². The molecule has 1 aromatic heterocycles. The van der Waals surface area contributed by atoms with E-state index >= 15 is 0 Å². The van der Waals surface area contributed by atoms with E-state index in [-0.39, 0.29) is 12.3 Å². The lowest BCUT2D eigenvalue weighted by Crippen LogP contribution is -2.07. The minimum Gasteiger partial charge on any atom is -0.463 e. The maximum absolute atomic E-state index is 13.4. The molecular formula is C18H20FNO4. The van der Waals surface area contributed by atoms with Gasteiger partial charge in [-0.1, -0.05) is 13.3 Å². The number of ether oxygens (including phenoxy) is 2. The maximum atomic E-state index is 13.4. The van der Waals surface area contributed by atoms with Crippen molar-refractivity contribution in [3.05, 3.63) is 41.3 Å². The lowest BCUT2D eigenvalue weighted by molar-refractivity contribution is -0.137. The largest absolute Gasteiger partial charge is 0.463 e. The third-order valence-electron chi connectivity index (χ3n) is 3.41. The summed E-state index contributed by atoms with van der Waals surface area (Å²) in [6.45, 7) is 4.26. The zero-order valence-electron chi connectivity index (χ0n) is 13.7. The Bertz CT molecular complexity index is 764. The number of aromatic amines is 1. The van der Waals surface area contributed by atoms with Crippen molar-refractivity contribution in [2.45, 2.75) is 26.7 Å². The molecule has 1 N–H and O–H groups in total. The number of halogens is 1. The van der Waals surface area contributed by atoms with Gasteiger partial charge in [-0.2, -0.15) is 0 Å². The minimum atomic E-state index is -0.562. The average molecular weight is 333 g/mol. The number of fused-ring (bicyclic) bond motifs is 1. The van der Waals surface area contributed by atoms with Gasteiger partial charge in [0.15, 0.2) is 0 Å². The fraction of sp³-hybridized carbons (Fsp3) is 0.333. The molecule has 5 nitrogen and oxygen atoms in total. The number of hydrogen-bond acceptors (Lipinski definition) is 4. The molecule has 0 unspecified atom stereocenters. The summed E-state index contributed by atoms with van der Waals surface area (Å²) < 4.78 is 23.4. The first kappa shape index (κ1) is 17.7. The van der Waals surface area contributed by atoms with Crippen LogP contribution in [-0.4, -0.2) is 30.1 Å². The molecule has 6 heteroatoms. The van der Waals surface area contributed by atoms with Gasteiger partial charge in [-0.05, 0) is 37.6 Å². The molecule has 1 aromatic carbocycles. The molecule has 0 radical (unpaired) electrons. The summed E-state index contributed by atoms with van der Waals surface area (Å²) in [6.07, 6.45) is 4.46. The molecule has 0 aliphatic rings. The zero-order valence-corrected chi connectivity index (χ0v) is 13.7. The van der Waals surface area contributed by atoms with E-state index in [1.54, 1.807) is 13.0 Å². The van der Waals surface area contributed by atoms with E-state index in [1.165, 1.54) is 24.3 Å². The van der Waals surface area contributed by atoms with Crippen LogP contribution in [0.1, 0.15) is 42.7 Å². The normalized spacial score (nSPS) is 11.1. The Balaban J connectivity index is 2.33. The molecule has 0 atom stereocenters. The van der Waals surface area contributed by atoms with Crippen LogP contribution in [0.4, 0.5) is 4.39 Å². The molecule has 2 rings (SSSR count). The quantitative estimate of drug-likeness (QED) is 0.475. The topological polar surface area (TPSA) is 68.4 Å². The molecule has 24 heavy (non-hydrogen) atoms. The van der Waals surface area contributed by atoms with Crippen molar-refractivity contribution >= 4 is 28.9 Å². The van der Waals surface area contributed by atoms with E-state index in [0.29, 0.717) is 23.1 Å². The SMILES string of the molecule is CCCCOC(=O)/C=C/c1c(C(=O)OCC)[nH]c2cc(F)ccc12. The van der Waals surface area contributed by atoms with Gasteiger partial charge in [0.2, 0.25) is 0 Å². The summed E-state index contributed by atoms with van der Waals surface area (Å²) in [4.78, 5) is 26.6. The number of H-pyrrole nitrogens is 1. The third-order valence-corrected chi connectivity index (χ3v) is 3.41. The van der Waals surface area contributed by atoms with Crippen molar-refractivity contribution in [1.29, 1.82) is 0 Å². The number of nitrogens with one attached hydrogen (secondary N) is 1. The van der Waals surface area contributed by atoms with Crippen molar-refractivity contribution in [1.82, 2.24) is 4.98 Å². The van der Waals surface area contributed by atoms with Crippen molar-refractivity contribution in [3.63, 3.8) is 0 Å². The van der Waals surface area contributed by atoms with Gasteiger partial charge >= 0.3 is 11.9 Å². The molecule has 0 saturated heterocycles. The van der Waals surface area contributed by atoms with Gasteiger partial charge in [-0.15, -0.1) is 0 Å². The van der Waals surface area contributed by atoms with Crippen LogP contribution in [0.25, 0.3) is 17.0 Å². The highest BCUT2D eigenvalue weighted by Gasteiger charge is 2.17. The van der Waals surface area contributed by atoms with E-state index < -0.39 is 17.8 Å². The van der Waals surface area contributed by atoms with Crippen LogP contribution in [0.5, 0.6) is 0 Å². The van der Waals surface area contributed by atoms with Gasteiger partial charge in [0.05, 0.1) is 13.2 Å². The molecule has 128 valence electrons. The maximum Gasteiger partial charge on any atom is 0.355 e. The molecule has 0 bridgehead atoms. The number of hydrogen-bond donors (Lipinski definition) is 1. The van der Waals surface area contributed by atoms with Crippen LogP contribution >= 0.6 is 0 Å². The predicted molar refractivity (Wildman–Crippen MR) is 89.1 cm³/mol. The summed E-state index contributed by atoms with van der Waals surface area (Å²) in [6, 6.07) is 4.13. The van der Waals surface area contributed by atoms with Crippen molar-refractivity contribution < 1.29 is 23.5 Å². The Morgan fingerprint density at radius 1 is 1.25 bits per heavy atom. The Morgan fingerprint density at radius 2 is 2.04 bits per heavy atom. The highest BCUT2D eigenvalue weighted by molar-refractivity contribution is 6.04. The number of carbonyl (C=O) groups is 2. The van der Waals surface area contributed by atoms with Crippen LogP contribution in [0, 0.1) is 5.82 Å². The summed E-state index contributed by atoms with van der Waals surface area (Å²) >= 11 is 0. The molecule has 0 saturated carbocycles. The molecule has 1 heterocycles. The van der Waals surface area contributed by atoms with Gasteiger partial charge in [-0.25, -0.2) is 14.0 Å². The first-order valence-electron chi connectivity index (χ1n) is 7.90. The fourth-order valence-corrected chi connectivity index (χ4v) is 2.25. The Labute approximate surface area is 139 Å². The summed E-state index contributed by atoms with van der Waals surface area (Å²) in [7, 11) is 0. The lowest BCUT2D eigenvalue weighted by atomic mass is 10.1. The Hall–Kier alpha value is -2.63. The van der Waals surface area contributed by atoms with Crippen LogP contribution in [0.2, 0.25) is 0 Å². The highest BCUT2D eigenvalue weighted by Crippen LogP contribution is 2.25. The third kappa shape index (κ3) is 4.22. The molecule has 0 amide bonds. The summed E-state index contributed by atoms with van der Waals surface area (Å²) in [5.74, 6) is -1.48. The van der Waals surface area contributed by atoms with Crippen LogP contribution in [0.3, 0.4) is 0 Å². The molecule has 2 aromatic rings. The number of carbonyl (C=O) groups excluding carboxylic acids is 2. The second kappa shape index (κ2) is 8.29. The van der Waals surface area contributed by atoms with Crippen LogP contribution in [-0.2, 0) is 14.3 Å². The van der Waals surface area contributed by atoms with E-state index in [2.05, 4.69) is 4.98 Å². The second-order valence-electron chi connectivity index (χ2n) is 5.18. The van der Waals surface area contributed by atoms with Gasteiger partial charge < -0.3 is 14.5 Å². The Kier molecular flexibility index (Phi) is 6.12. The first-order valence-corrected chi connectivity index (χ1v) is 7.90. The van der Waals surface area contributed by atoms with Gasteiger partial charge in [0.1, 0.15) is 11.5 Å². The number of benzene rings is 1. The van der Waals surface area contributed by atoms with E-state index in [0.717, 1.165) is 12.8 Å². The minimum absolute atomic E-state index is 0.176.